The van der Waals surface area contributed by atoms with Gasteiger partial charge in [0.2, 0.25) is 5.95 Å². The van der Waals surface area contributed by atoms with Gasteiger partial charge in [0, 0.05) is 23.0 Å². The van der Waals surface area contributed by atoms with E-state index in [1.807, 2.05) is 37.3 Å². The Labute approximate surface area is 101 Å². The monoisotopic (exact) mass is 225 g/mol. The van der Waals surface area contributed by atoms with Crippen LogP contribution in [0.5, 0.6) is 0 Å². The van der Waals surface area contributed by atoms with E-state index in [1.165, 1.54) is 18.5 Å². The van der Waals surface area contributed by atoms with Gasteiger partial charge in [-0.1, -0.05) is 18.2 Å². The zero-order valence-corrected chi connectivity index (χ0v) is 9.85. The van der Waals surface area contributed by atoms with E-state index in [4.69, 9.17) is 0 Å². The standard InChI is InChI=1S/C14H15N3/c1-10-9-13(11-7-8-11)17-14(15-10)16-12-5-3-2-4-6-12/h2-6,9,11H,7-8H2,1H3,(H,15,16,17). The molecule has 3 nitrogen and oxygen atoms in total. The van der Waals surface area contributed by atoms with E-state index in [1.54, 1.807) is 0 Å². The van der Waals surface area contributed by atoms with Gasteiger partial charge >= 0.3 is 0 Å². The highest BCUT2D eigenvalue weighted by atomic mass is 15.1. The lowest BCUT2D eigenvalue weighted by molar-refractivity contribution is 0.972. The smallest absolute Gasteiger partial charge is 0.227 e. The zero-order chi connectivity index (χ0) is 11.7. The van der Waals surface area contributed by atoms with E-state index in [-0.39, 0.29) is 0 Å². The molecule has 1 saturated carbocycles. The fraction of sp³-hybridized carbons (Fsp3) is 0.286. The maximum absolute atomic E-state index is 4.57. The van der Waals surface area contributed by atoms with Crippen molar-refractivity contribution in [3.63, 3.8) is 0 Å². The molecule has 0 radical (unpaired) electrons. The van der Waals surface area contributed by atoms with Crippen molar-refractivity contribution in [2.24, 2.45) is 0 Å². The first kappa shape index (κ1) is 10.3. The SMILES string of the molecule is Cc1cc(C2CC2)nc(Nc2ccccc2)n1. The second kappa shape index (κ2) is 4.17. The molecule has 2 aromatic rings. The molecule has 1 aromatic carbocycles. The number of hydrogen-bond donors (Lipinski definition) is 1. The summed E-state index contributed by atoms with van der Waals surface area (Å²) in [6, 6.07) is 12.1. The molecule has 1 fully saturated rings. The van der Waals surface area contributed by atoms with Gasteiger partial charge in [-0.25, -0.2) is 9.97 Å². The molecule has 3 rings (SSSR count). The summed E-state index contributed by atoms with van der Waals surface area (Å²) in [5, 5.41) is 3.25. The first-order valence-electron chi connectivity index (χ1n) is 5.99. The van der Waals surface area contributed by atoms with Crippen molar-refractivity contribution in [1.29, 1.82) is 0 Å². The third kappa shape index (κ3) is 2.44. The van der Waals surface area contributed by atoms with Crippen molar-refractivity contribution in [3.05, 3.63) is 47.8 Å². The summed E-state index contributed by atoms with van der Waals surface area (Å²) < 4.78 is 0. The van der Waals surface area contributed by atoms with Gasteiger partial charge in [0.1, 0.15) is 0 Å². The van der Waals surface area contributed by atoms with Crippen molar-refractivity contribution >= 4 is 11.6 Å². The summed E-state index contributed by atoms with van der Waals surface area (Å²) >= 11 is 0. The van der Waals surface area contributed by atoms with Crippen molar-refractivity contribution in [3.8, 4) is 0 Å². The average Bonchev–Trinajstić information content (AvgIpc) is 3.13. The molecule has 1 aliphatic rings. The normalized spacial score (nSPS) is 14.6. The first-order valence-corrected chi connectivity index (χ1v) is 5.99. The van der Waals surface area contributed by atoms with Crippen LogP contribution in [0.2, 0.25) is 0 Å². The van der Waals surface area contributed by atoms with Gasteiger partial charge in [-0.15, -0.1) is 0 Å². The quantitative estimate of drug-likeness (QED) is 0.869. The Hall–Kier alpha value is -1.90. The summed E-state index contributed by atoms with van der Waals surface area (Å²) in [7, 11) is 0. The summed E-state index contributed by atoms with van der Waals surface area (Å²) in [6.45, 7) is 2.02. The van der Waals surface area contributed by atoms with Crippen molar-refractivity contribution in [1.82, 2.24) is 9.97 Å². The third-order valence-corrected chi connectivity index (χ3v) is 2.90. The maximum Gasteiger partial charge on any atom is 0.227 e. The largest absolute Gasteiger partial charge is 0.324 e. The van der Waals surface area contributed by atoms with Crippen LogP contribution in [0.15, 0.2) is 36.4 Å². The van der Waals surface area contributed by atoms with Gasteiger partial charge in [0.25, 0.3) is 0 Å². The van der Waals surface area contributed by atoms with Crippen LogP contribution in [-0.2, 0) is 0 Å². The number of aromatic nitrogens is 2. The molecule has 0 unspecified atom stereocenters. The molecule has 1 N–H and O–H groups in total. The minimum absolute atomic E-state index is 0.660. The maximum atomic E-state index is 4.57. The fourth-order valence-corrected chi connectivity index (χ4v) is 1.89. The molecule has 0 spiro atoms. The van der Waals surface area contributed by atoms with Crippen LogP contribution in [0.25, 0.3) is 0 Å². The molecule has 1 heterocycles. The van der Waals surface area contributed by atoms with Gasteiger partial charge in [-0.2, -0.15) is 0 Å². The minimum atomic E-state index is 0.660. The highest BCUT2D eigenvalue weighted by molar-refractivity contribution is 5.53. The number of para-hydroxylation sites is 1. The van der Waals surface area contributed by atoms with E-state index in [9.17, 15) is 0 Å². The Morgan fingerprint density at radius 3 is 2.59 bits per heavy atom. The number of hydrogen-bond acceptors (Lipinski definition) is 3. The molecule has 0 saturated heterocycles. The van der Waals surface area contributed by atoms with E-state index in [0.29, 0.717) is 11.9 Å². The van der Waals surface area contributed by atoms with Crippen LogP contribution in [0.1, 0.15) is 30.1 Å². The second-order valence-corrected chi connectivity index (χ2v) is 4.52. The number of benzene rings is 1. The Morgan fingerprint density at radius 2 is 1.88 bits per heavy atom. The van der Waals surface area contributed by atoms with Crippen LogP contribution in [0.3, 0.4) is 0 Å². The van der Waals surface area contributed by atoms with E-state index >= 15 is 0 Å². The van der Waals surface area contributed by atoms with Crippen LogP contribution in [-0.4, -0.2) is 9.97 Å². The first-order chi connectivity index (χ1) is 8.31. The van der Waals surface area contributed by atoms with Crippen molar-refractivity contribution in [2.45, 2.75) is 25.7 Å². The summed E-state index contributed by atoms with van der Waals surface area (Å²) in [5.41, 5.74) is 3.23. The lowest BCUT2D eigenvalue weighted by Gasteiger charge is -2.07. The number of nitrogens with zero attached hydrogens (tertiary/aromatic N) is 2. The van der Waals surface area contributed by atoms with Crippen molar-refractivity contribution < 1.29 is 0 Å². The summed E-state index contributed by atoms with van der Waals surface area (Å²) in [6.07, 6.45) is 2.53. The molecule has 0 bridgehead atoms. The van der Waals surface area contributed by atoms with Crippen LogP contribution >= 0.6 is 0 Å². The molecule has 0 aliphatic heterocycles. The van der Waals surface area contributed by atoms with Crippen LogP contribution < -0.4 is 5.32 Å². The number of aryl methyl sites for hydroxylation is 1. The molecule has 86 valence electrons. The van der Waals surface area contributed by atoms with Gasteiger partial charge < -0.3 is 5.32 Å². The van der Waals surface area contributed by atoms with Gasteiger partial charge in [0.15, 0.2) is 0 Å². The number of nitrogens with one attached hydrogen (secondary N) is 1. The minimum Gasteiger partial charge on any atom is -0.324 e. The zero-order valence-electron chi connectivity index (χ0n) is 9.85. The Morgan fingerprint density at radius 1 is 1.12 bits per heavy atom. The van der Waals surface area contributed by atoms with Crippen LogP contribution in [0, 0.1) is 6.92 Å². The fourth-order valence-electron chi connectivity index (χ4n) is 1.89. The van der Waals surface area contributed by atoms with E-state index in [0.717, 1.165) is 11.4 Å². The predicted octanol–water partition coefficient (Wildman–Crippen LogP) is 3.41. The summed E-state index contributed by atoms with van der Waals surface area (Å²) in [5.74, 6) is 1.37. The molecular formula is C14H15N3. The molecular weight excluding hydrogens is 210 g/mol. The Bertz CT molecular complexity index is 518. The van der Waals surface area contributed by atoms with Gasteiger partial charge in [-0.3, -0.25) is 0 Å². The number of rotatable bonds is 3. The Balaban J connectivity index is 1.87. The molecule has 17 heavy (non-hydrogen) atoms. The van der Waals surface area contributed by atoms with Crippen molar-refractivity contribution in [2.75, 3.05) is 5.32 Å². The Kier molecular flexibility index (Phi) is 2.52. The molecule has 1 aliphatic carbocycles. The predicted molar refractivity (Wildman–Crippen MR) is 68.5 cm³/mol. The topological polar surface area (TPSA) is 37.8 Å². The summed E-state index contributed by atoms with van der Waals surface area (Å²) in [4.78, 5) is 8.99. The molecule has 0 atom stereocenters. The number of anilines is 2. The molecule has 1 aromatic heterocycles. The van der Waals surface area contributed by atoms with Gasteiger partial charge in [-0.05, 0) is 38.0 Å². The van der Waals surface area contributed by atoms with E-state index < -0.39 is 0 Å². The molecule has 0 amide bonds. The lowest BCUT2D eigenvalue weighted by atomic mass is 10.2. The highest BCUT2D eigenvalue weighted by Gasteiger charge is 2.25. The average molecular weight is 225 g/mol. The van der Waals surface area contributed by atoms with E-state index in [2.05, 4.69) is 21.4 Å². The van der Waals surface area contributed by atoms with Crippen LogP contribution in [0.4, 0.5) is 11.6 Å². The second-order valence-electron chi connectivity index (χ2n) is 4.52. The lowest BCUT2D eigenvalue weighted by Crippen LogP contribution is -2.01. The highest BCUT2D eigenvalue weighted by Crippen LogP contribution is 2.39. The van der Waals surface area contributed by atoms with Gasteiger partial charge in [0.05, 0.1) is 0 Å². The third-order valence-electron chi connectivity index (χ3n) is 2.90. The molecule has 3 heteroatoms.